The van der Waals surface area contributed by atoms with E-state index < -0.39 is 17.9 Å². The van der Waals surface area contributed by atoms with Gasteiger partial charge in [-0.15, -0.1) is 0 Å². The summed E-state index contributed by atoms with van der Waals surface area (Å²) < 4.78 is 0. The van der Waals surface area contributed by atoms with Gasteiger partial charge in [-0.2, -0.15) is 0 Å². The van der Waals surface area contributed by atoms with Crippen LogP contribution in [0.25, 0.3) is 0 Å². The SMILES string of the molecule is NCC(=O)O.NCC(=O)O.NCC(=O)O.[Co+3]. The van der Waals surface area contributed by atoms with E-state index in [2.05, 4.69) is 17.2 Å². The first-order valence-electron chi connectivity index (χ1n) is 3.57. The van der Waals surface area contributed by atoms with Crippen molar-refractivity contribution in [2.24, 2.45) is 17.2 Å². The molecule has 0 aromatic rings. The quantitative estimate of drug-likeness (QED) is 0.315. The van der Waals surface area contributed by atoms with E-state index in [4.69, 9.17) is 15.3 Å². The van der Waals surface area contributed by atoms with Gasteiger partial charge in [-0.1, -0.05) is 0 Å². The topological polar surface area (TPSA) is 190 Å². The fourth-order valence-electron chi connectivity index (χ4n) is 0. The second-order valence-electron chi connectivity index (χ2n) is 1.79. The summed E-state index contributed by atoms with van der Waals surface area (Å²) >= 11 is 0. The monoisotopic (exact) mass is 284 g/mol. The molecule has 0 bridgehead atoms. The van der Waals surface area contributed by atoms with E-state index in [1.807, 2.05) is 0 Å². The molecule has 0 unspecified atom stereocenters. The zero-order chi connectivity index (χ0) is 12.9. The van der Waals surface area contributed by atoms with Crippen LogP contribution in [0.4, 0.5) is 0 Å². The van der Waals surface area contributed by atoms with Crippen LogP contribution < -0.4 is 17.2 Å². The summed E-state index contributed by atoms with van der Waals surface area (Å²) in [5, 5.41) is 22.8. The summed E-state index contributed by atoms with van der Waals surface area (Å²) in [6, 6.07) is 0. The van der Waals surface area contributed by atoms with Gasteiger partial charge in [0.05, 0.1) is 19.6 Å². The van der Waals surface area contributed by atoms with Gasteiger partial charge in [-0.3, -0.25) is 14.4 Å². The summed E-state index contributed by atoms with van der Waals surface area (Å²) in [4.78, 5) is 27.7. The van der Waals surface area contributed by atoms with Crippen molar-refractivity contribution in [2.75, 3.05) is 19.6 Å². The fraction of sp³-hybridized carbons (Fsp3) is 0.500. The molecule has 0 aliphatic rings. The van der Waals surface area contributed by atoms with E-state index in [0.29, 0.717) is 0 Å². The third-order valence-corrected chi connectivity index (χ3v) is 0.524. The second-order valence-corrected chi connectivity index (χ2v) is 1.79. The van der Waals surface area contributed by atoms with Gasteiger partial charge in [0.1, 0.15) is 0 Å². The van der Waals surface area contributed by atoms with E-state index in [1.54, 1.807) is 0 Å². The number of carbonyl (C=O) groups is 3. The smallest absolute Gasteiger partial charge is 0.480 e. The average Bonchev–Trinajstić information content (AvgIpc) is 2.19. The molecule has 0 fully saturated rings. The van der Waals surface area contributed by atoms with Crippen LogP contribution >= 0.6 is 0 Å². The summed E-state index contributed by atoms with van der Waals surface area (Å²) in [6.07, 6.45) is 0. The molecule has 10 heteroatoms. The van der Waals surface area contributed by atoms with Crippen LogP contribution in [0.5, 0.6) is 0 Å². The van der Waals surface area contributed by atoms with Gasteiger partial charge in [-0.25, -0.2) is 0 Å². The minimum Gasteiger partial charge on any atom is -0.480 e. The Morgan fingerprint density at radius 2 is 0.750 bits per heavy atom. The number of hydrogen-bond acceptors (Lipinski definition) is 6. The molecule has 0 radical (unpaired) electrons. The van der Waals surface area contributed by atoms with Crippen molar-refractivity contribution < 1.29 is 46.5 Å². The molecule has 0 aromatic carbocycles. The van der Waals surface area contributed by atoms with E-state index in [0.717, 1.165) is 0 Å². The Morgan fingerprint density at radius 3 is 0.750 bits per heavy atom. The van der Waals surface area contributed by atoms with Gasteiger partial charge < -0.3 is 32.5 Å². The van der Waals surface area contributed by atoms with Crippen LogP contribution in [0, 0.1) is 0 Å². The van der Waals surface area contributed by atoms with Gasteiger partial charge in [0, 0.05) is 0 Å². The van der Waals surface area contributed by atoms with Crippen molar-refractivity contribution in [1.82, 2.24) is 0 Å². The van der Waals surface area contributed by atoms with Crippen molar-refractivity contribution in [3.05, 3.63) is 0 Å². The molecule has 0 aliphatic carbocycles. The molecular weight excluding hydrogens is 269 g/mol. The number of carboxylic acid groups (broad SMARTS) is 3. The largest absolute Gasteiger partial charge is 3.00 e. The molecule has 0 rings (SSSR count). The molecule has 96 valence electrons. The molecule has 0 spiro atoms. The molecular formula is C6H15CoN3O6+3. The van der Waals surface area contributed by atoms with Crippen molar-refractivity contribution in [3.8, 4) is 0 Å². The minimum absolute atomic E-state index is 0. The van der Waals surface area contributed by atoms with Gasteiger partial charge in [0.15, 0.2) is 0 Å². The molecule has 0 saturated heterocycles. The molecule has 0 aromatic heterocycles. The van der Waals surface area contributed by atoms with E-state index >= 15 is 0 Å². The first-order valence-corrected chi connectivity index (χ1v) is 3.57. The Bertz CT molecular complexity index is 167. The molecule has 16 heavy (non-hydrogen) atoms. The maximum atomic E-state index is 9.24. The van der Waals surface area contributed by atoms with Crippen molar-refractivity contribution >= 4 is 17.9 Å². The molecule has 9 nitrogen and oxygen atoms in total. The number of nitrogens with two attached hydrogens (primary N) is 3. The van der Waals surface area contributed by atoms with Gasteiger partial charge >= 0.3 is 34.7 Å². The third-order valence-electron chi connectivity index (χ3n) is 0.524. The molecule has 0 saturated carbocycles. The second kappa shape index (κ2) is 19.4. The predicted molar refractivity (Wildman–Crippen MR) is 50.1 cm³/mol. The standard InChI is InChI=1S/3C2H5NO2.Co/c3*3-1-2(4)5;/h3*1,3H2,(H,4,5);/q;;;+3. The van der Waals surface area contributed by atoms with Crippen molar-refractivity contribution in [2.45, 2.75) is 0 Å². The Hall–Kier alpha value is -1.20. The van der Waals surface area contributed by atoms with Crippen LogP contribution in [0.15, 0.2) is 0 Å². The van der Waals surface area contributed by atoms with Crippen LogP contribution in [0.2, 0.25) is 0 Å². The first kappa shape index (κ1) is 24.2. The van der Waals surface area contributed by atoms with Crippen molar-refractivity contribution in [1.29, 1.82) is 0 Å². The van der Waals surface area contributed by atoms with E-state index in [1.165, 1.54) is 0 Å². The summed E-state index contributed by atoms with van der Waals surface area (Å²) in [5.41, 5.74) is 13.7. The minimum atomic E-state index is -0.968. The normalized spacial score (nSPS) is 6.94. The predicted octanol–water partition coefficient (Wildman–Crippen LogP) is -2.91. The maximum absolute atomic E-state index is 9.24. The molecule has 0 atom stereocenters. The fourth-order valence-corrected chi connectivity index (χ4v) is 0. The maximum Gasteiger partial charge on any atom is 3.00 e. The molecule has 0 heterocycles. The van der Waals surface area contributed by atoms with Crippen LogP contribution in [0.3, 0.4) is 0 Å². The summed E-state index contributed by atoms with van der Waals surface area (Å²) in [7, 11) is 0. The number of aliphatic carboxylic acids is 3. The summed E-state index contributed by atoms with van der Waals surface area (Å²) in [6.45, 7) is -0.833. The Morgan fingerprint density at radius 1 is 0.688 bits per heavy atom. The molecule has 0 amide bonds. The summed E-state index contributed by atoms with van der Waals surface area (Å²) in [5.74, 6) is -2.90. The number of carboxylic acids is 3. The molecule has 0 aliphatic heterocycles. The Kier molecular flexibility index (Phi) is 29.3. The number of rotatable bonds is 3. The van der Waals surface area contributed by atoms with Gasteiger partial charge in [-0.05, 0) is 0 Å². The van der Waals surface area contributed by atoms with E-state index in [-0.39, 0.29) is 36.4 Å². The van der Waals surface area contributed by atoms with Crippen LogP contribution in [-0.4, -0.2) is 52.9 Å². The van der Waals surface area contributed by atoms with Gasteiger partial charge in [0.25, 0.3) is 0 Å². The number of hydrogen-bond donors (Lipinski definition) is 6. The van der Waals surface area contributed by atoms with E-state index in [9.17, 15) is 14.4 Å². The van der Waals surface area contributed by atoms with Gasteiger partial charge in [0.2, 0.25) is 0 Å². The Labute approximate surface area is 102 Å². The third kappa shape index (κ3) is 77.4. The van der Waals surface area contributed by atoms with Crippen LogP contribution in [0.1, 0.15) is 0 Å². The first-order chi connectivity index (χ1) is 6.81. The van der Waals surface area contributed by atoms with Crippen molar-refractivity contribution in [3.63, 3.8) is 0 Å². The molecule has 9 N–H and O–H groups in total. The zero-order valence-electron chi connectivity index (χ0n) is 8.25. The van der Waals surface area contributed by atoms with Crippen LogP contribution in [-0.2, 0) is 31.2 Å². The zero-order valence-corrected chi connectivity index (χ0v) is 9.29. The average molecular weight is 284 g/mol. The Balaban J connectivity index is -0.0000000655.